The molecule has 1 saturated heterocycles. The van der Waals surface area contributed by atoms with Crippen molar-refractivity contribution >= 4 is 0 Å². The fourth-order valence-electron chi connectivity index (χ4n) is 3.70. The molecule has 0 aromatic carbocycles. The summed E-state index contributed by atoms with van der Waals surface area (Å²) in [4.78, 5) is 2.82. The van der Waals surface area contributed by atoms with Crippen LogP contribution in [-0.2, 0) is 0 Å². The van der Waals surface area contributed by atoms with Crippen molar-refractivity contribution in [3.8, 4) is 0 Å². The third-order valence-corrected chi connectivity index (χ3v) is 5.38. The standard InChI is InChI=1S/C15H30N2.C5H12O/c1-3-4-9-17(15-10-13(2)11-15)12-14-5-7-16-8-6-14;1-2-3-4-5-6/h13-16H,3-12H2,1-2H3;6H,2-5H2,1H3. The molecule has 1 heterocycles. The van der Waals surface area contributed by atoms with Crippen LogP contribution in [0.5, 0.6) is 0 Å². The van der Waals surface area contributed by atoms with E-state index in [0.29, 0.717) is 6.61 Å². The van der Waals surface area contributed by atoms with Crippen molar-refractivity contribution in [1.82, 2.24) is 10.2 Å². The lowest BCUT2D eigenvalue weighted by Gasteiger charge is -2.43. The Morgan fingerprint density at radius 1 is 1.00 bits per heavy atom. The van der Waals surface area contributed by atoms with Crippen molar-refractivity contribution < 1.29 is 5.11 Å². The lowest BCUT2D eigenvalue weighted by Crippen LogP contribution is -2.47. The van der Waals surface area contributed by atoms with Gasteiger partial charge in [0, 0.05) is 19.2 Å². The highest BCUT2D eigenvalue weighted by Crippen LogP contribution is 2.32. The summed E-state index contributed by atoms with van der Waals surface area (Å²) >= 11 is 0. The number of aliphatic hydroxyl groups excluding tert-OH is 1. The van der Waals surface area contributed by atoms with Crippen LogP contribution in [0.25, 0.3) is 0 Å². The molecule has 0 amide bonds. The van der Waals surface area contributed by atoms with Gasteiger partial charge in [0.1, 0.15) is 0 Å². The number of aliphatic hydroxyl groups is 1. The van der Waals surface area contributed by atoms with Crippen molar-refractivity contribution in [2.45, 2.75) is 84.6 Å². The second-order valence-electron chi connectivity index (χ2n) is 7.70. The molecule has 3 heteroatoms. The maximum absolute atomic E-state index is 8.20. The van der Waals surface area contributed by atoms with Crippen molar-refractivity contribution in [2.24, 2.45) is 11.8 Å². The van der Waals surface area contributed by atoms with Gasteiger partial charge < -0.3 is 15.3 Å². The van der Waals surface area contributed by atoms with Crippen LogP contribution in [0.3, 0.4) is 0 Å². The molecule has 3 nitrogen and oxygen atoms in total. The number of piperidine rings is 1. The Labute approximate surface area is 145 Å². The van der Waals surface area contributed by atoms with Crippen LogP contribution in [-0.4, -0.2) is 48.8 Å². The van der Waals surface area contributed by atoms with E-state index < -0.39 is 0 Å². The lowest BCUT2D eigenvalue weighted by molar-refractivity contribution is 0.0648. The van der Waals surface area contributed by atoms with Gasteiger partial charge >= 0.3 is 0 Å². The van der Waals surface area contributed by atoms with E-state index in [1.807, 2.05) is 0 Å². The molecule has 0 radical (unpaired) electrons. The fourth-order valence-corrected chi connectivity index (χ4v) is 3.70. The van der Waals surface area contributed by atoms with E-state index in [2.05, 4.69) is 31.0 Å². The summed E-state index contributed by atoms with van der Waals surface area (Å²) < 4.78 is 0. The van der Waals surface area contributed by atoms with E-state index in [9.17, 15) is 0 Å². The molecular formula is C20H42N2O. The van der Waals surface area contributed by atoms with Gasteiger partial charge in [0.15, 0.2) is 0 Å². The number of nitrogens with one attached hydrogen (secondary N) is 1. The first-order valence-electron chi connectivity index (χ1n) is 10.3. The van der Waals surface area contributed by atoms with Gasteiger partial charge in [-0.1, -0.05) is 40.0 Å². The van der Waals surface area contributed by atoms with Gasteiger partial charge in [0.05, 0.1) is 0 Å². The molecule has 2 N–H and O–H groups in total. The molecule has 0 aromatic rings. The molecule has 2 aliphatic rings. The molecule has 1 saturated carbocycles. The molecule has 0 atom stereocenters. The van der Waals surface area contributed by atoms with Crippen molar-refractivity contribution in [3.63, 3.8) is 0 Å². The summed E-state index contributed by atoms with van der Waals surface area (Å²) in [5.74, 6) is 1.95. The SMILES string of the molecule is CCCCCO.CCCCN(CC1CCNCC1)C1CC(C)C1. The van der Waals surface area contributed by atoms with Crippen molar-refractivity contribution in [3.05, 3.63) is 0 Å². The molecule has 1 aliphatic heterocycles. The molecule has 138 valence electrons. The summed E-state index contributed by atoms with van der Waals surface area (Å²) in [6, 6.07) is 0.923. The number of hydrogen-bond donors (Lipinski definition) is 2. The minimum absolute atomic E-state index is 0.355. The van der Waals surface area contributed by atoms with Crippen molar-refractivity contribution in [2.75, 3.05) is 32.8 Å². The topological polar surface area (TPSA) is 35.5 Å². The van der Waals surface area contributed by atoms with Gasteiger partial charge in [-0.2, -0.15) is 0 Å². The number of unbranched alkanes of at least 4 members (excludes halogenated alkanes) is 3. The quantitative estimate of drug-likeness (QED) is 0.627. The lowest BCUT2D eigenvalue weighted by atomic mass is 9.80. The molecule has 0 unspecified atom stereocenters. The average molecular weight is 327 g/mol. The molecule has 0 aromatic heterocycles. The summed E-state index contributed by atoms with van der Waals surface area (Å²) in [6.07, 6.45) is 11.7. The fraction of sp³-hybridized carbons (Fsp3) is 1.00. The van der Waals surface area contributed by atoms with E-state index >= 15 is 0 Å². The zero-order valence-electron chi connectivity index (χ0n) is 16.0. The van der Waals surface area contributed by atoms with Crippen LogP contribution in [0.2, 0.25) is 0 Å². The summed E-state index contributed by atoms with van der Waals surface area (Å²) in [6.45, 7) is 12.4. The zero-order valence-corrected chi connectivity index (χ0v) is 16.0. The summed E-state index contributed by atoms with van der Waals surface area (Å²) in [5, 5.41) is 11.7. The highest BCUT2D eigenvalue weighted by atomic mass is 16.2. The number of nitrogens with zero attached hydrogens (tertiary/aromatic N) is 1. The molecule has 0 bridgehead atoms. The van der Waals surface area contributed by atoms with Gasteiger partial charge in [-0.15, -0.1) is 0 Å². The maximum Gasteiger partial charge on any atom is 0.0431 e. The molecular weight excluding hydrogens is 284 g/mol. The second kappa shape index (κ2) is 13.2. The maximum atomic E-state index is 8.20. The minimum atomic E-state index is 0.355. The van der Waals surface area contributed by atoms with Crippen LogP contribution in [0.4, 0.5) is 0 Å². The van der Waals surface area contributed by atoms with Gasteiger partial charge in [-0.05, 0) is 70.0 Å². The predicted octanol–water partition coefficient (Wildman–Crippen LogP) is 4.06. The Balaban J connectivity index is 0.000000379. The highest BCUT2D eigenvalue weighted by Gasteiger charge is 2.31. The smallest absolute Gasteiger partial charge is 0.0431 e. The van der Waals surface area contributed by atoms with Gasteiger partial charge in [0.2, 0.25) is 0 Å². The first-order chi connectivity index (χ1) is 11.2. The predicted molar refractivity (Wildman–Crippen MR) is 101 cm³/mol. The van der Waals surface area contributed by atoms with Gasteiger partial charge in [-0.25, -0.2) is 0 Å². The molecule has 23 heavy (non-hydrogen) atoms. The van der Waals surface area contributed by atoms with E-state index in [0.717, 1.165) is 30.7 Å². The van der Waals surface area contributed by atoms with E-state index in [1.165, 1.54) is 71.1 Å². The Bertz CT molecular complexity index is 256. The Kier molecular flexibility index (Phi) is 12.0. The number of hydrogen-bond acceptors (Lipinski definition) is 3. The second-order valence-corrected chi connectivity index (χ2v) is 7.70. The first kappa shape index (κ1) is 20.9. The van der Waals surface area contributed by atoms with Crippen LogP contribution in [0.15, 0.2) is 0 Å². The van der Waals surface area contributed by atoms with Crippen LogP contribution in [0.1, 0.15) is 78.6 Å². The highest BCUT2D eigenvalue weighted by molar-refractivity contribution is 4.86. The van der Waals surface area contributed by atoms with Crippen LogP contribution in [0, 0.1) is 11.8 Å². The van der Waals surface area contributed by atoms with Crippen LogP contribution < -0.4 is 5.32 Å². The molecule has 2 rings (SSSR count). The zero-order chi connectivity index (χ0) is 16.9. The van der Waals surface area contributed by atoms with Gasteiger partial charge in [0.25, 0.3) is 0 Å². The van der Waals surface area contributed by atoms with Crippen molar-refractivity contribution in [1.29, 1.82) is 0 Å². The van der Waals surface area contributed by atoms with Gasteiger partial charge in [-0.3, -0.25) is 0 Å². The first-order valence-corrected chi connectivity index (χ1v) is 10.3. The Morgan fingerprint density at radius 2 is 1.65 bits per heavy atom. The Morgan fingerprint density at radius 3 is 2.13 bits per heavy atom. The molecule has 1 aliphatic carbocycles. The van der Waals surface area contributed by atoms with E-state index in [4.69, 9.17) is 5.11 Å². The molecule has 0 spiro atoms. The number of rotatable bonds is 9. The largest absolute Gasteiger partial charge is 0.396 e. The average Bonchev–Trinajstić information content (AvgIpc) is 2.55. The van der Waals surface area contributed by atoms with E-state index in [1.54, 1.807) is 0 Å². The summed E-state index contributed by atoms with van der Waals surface area (Å²) in [7, 11) is 0. The van der Waals surface area contributed by atoms with E-state index in [-0.39, 0.29) is 0 Å². The van der Waals surface area contributed by atoms with Crippen LogP contribution >= 0.6 is 0 Å². The normalized spacial score (nSPS) is 24.9. The molecule has 2 fully saturated rings. The summed E-state index contributed by atoms with van der Waals surface area (Å²) in [5.41, 5.74) is 0. The Hall–Kier alpha value is -0.120. The third-order valence-electron chi connectivity index (χ3n) is 5.38. The monoisotopic (exact) mass is 326 g/mol. The minimum Gasteiger partial charge on any atom is -0.396 e. The third kappa shape index (κ3) is 9.07.